The highest BCUT2D eigenvalue weighted by Crippen LogP contribution is 2.63. The molecule has 2 aromatic rings. The minimum Gasteiger partial charge on any atom is -0.457 e. The third-order valence-electron chi connectivity index (χ3n) is 4.65. The maximum absolute atomic E-state index is 6.01. The molecule has 1 fully saturated rings. The first kappa shape index (κ1) is 13.2. The molecule has 20 heavy (non-hydrogen) atoms. The first-order valence-corrected chi connectivity index (χ1v) is 7.11. The standard InChI is InChI=1S/C18H21NO/c1-17(2)12-18(17,13-19)14-8-10-16(11-9-14)20-15-6-4-3-5-7-15/h3-11H,12-13,19H2,1-2H3. The zero-order valence-corrected chi connectivity index (χ0v) is 12.1. The van der Waals surface area contributed by atoms with E-state index in [1.807, 2.05) is 42.5 Å². The molecule has 2 N–H and O–H groups in total. The Morgan fingerprint density at radius 3 is 2.00 bits per heavy atom. The molecular weight excluding hydrogens is 246 g/mol. The van der Waals surface area contributed by atoms with Crippen molar-refractivity contribution in [2.45, 2.75) is 25.7 Å². The summed E-state index contributed by atoms with van der Waals surface area (Å²) >= 11 is 0. The minimum absolute atomic E-state index is 0.151. The van der Waals surface area contributed by atoms with Crippen molar-refractivity contribution in [3.63, 3.8) is 0 Å². The van der Waals surface area contributed by atoms with E-state index in [-0.39, 0.29) is 5.41 Å². The van der Waals surface area contributed by atoms with Crippen LogP contribution in [0.4, 0.5) is 0 Å². The van der Waals surface area contributed by atoms with Gasteiger partial charge in [-0.3, -0.25) is 0 Å². The second-order valence-corrected chi connectivity index (χ2v) is 6.29. The Morgan fingerprint density at radius 1 is 0.950 bits per heavy atom. The van der Waals surface area contributed by atoms with E-state index in [1.165, 1.54) is 5.56 Å². The van der Waals surface area contributed by atoms with Gasteiger partial charge in [-0.15, -0.1) is 0 Å². The van der Waals surface area contributed by atoms with Gasteiger partial charge in [0.05, 0.1) is 0 Å². The number of benzene rings is 2. The molecule has 1 atom stereocenters. The van der Waals surface area contributed by atoms with E-state index in [0.29, 0.717) is 12.0 Å². The SMILES string of the molecule is CC1(C)CC1(CN)c1ccc(Oc2ccccc2)cc1. The Hall–Kier alpha value is -1.80. The van der Waals surface area contributed by atoms with Crippen LogP contribution in [0.3, 0.4) is 0 Å². The summed E-state index contributed by atoms with van der Waals surface area (Å²) in [6.07, 6.45) is 1.16. The van der Waals surface area contributed by atoms with Crippen LogP contribution in [0.1, 0.15) is 25.8 Å². The molecule has 1 aliphatic carbocycles. The lowest BCUT2D eigenvalue weighted by Gasteiger charge is -2.19. The molecule has 0 amide bonds. The lowest BCUT2D eigenvalue weighted by atomic mass is 9.88. The molecule has 0 bridgehead atoms. The highest BCUT2D eigenvalue weighted by molar-refractivity contribution is 5.41. The molecule has 3 rings (SSSR count). The van der Waals surface area contributed by atoms with E-state index in [0.717, 1.165) is 17.9 Å². The molecule has 2 heteroatoms. The van der Waals surface area contributed by atoms with Crippen LogP contribution < -0.4 is 10.5 Å². The van der Waals surface area contributed by atoms with Crippen molar-refractivity contribution in [1.29, 1.82) is 0 Å². The fraction of sp³-hybridized carbons (Fsp3) is 0.333. The number of hydrogen-bond acceptors (Lipinski definition) is 2. The van der Waals surface area contributed by atoms with Crippen LogP contribution in [0.15, 0.2) is 54.6 Å². The van der Waals surface area contributed by atoms with Crippen LogP contribution in [0, 0.1) is 5.41 Å². The molecule has 1 unspecified atom stereocenters. The van der Waals surface area contributed by atoms with Gasteiger partial charge >= 0.3 is 0 Å². The van der Waals surface area contributed by atoms with Gasteiger partial charge in [-0.05, 0) is 41.7 Å². The molecule has 2 nitrogen and oxygen atoms in total. The fourth-order valence-corrected chi connectivity index (χ4v) is 3.14. The zero-order chi connectivity index (χ0) is 14.2. The Labute approximate surface area is 120 Å². The number of nitrogens with two attached hydrogens (primary N) is 1. The van der Waals surface area contributed by atoms with Gasteiger partial charge in [0.1, 0.15) is 11.5 Å². The first-order chi connectivity index (χ1) is 9.57. The van der Waals surface area contributed by atoms with Crippen molar-refractivity contribution >= 4 is 0 Å². The highest BCUT2D eigenvalue weighted by atomic mass is 16.5. The lowest BCUT2D eigenvalue weighted by Crippen LogP contribution is -2.25. The zero-order valence-electron chi connectivity index (χ0n) is 12.1. The minimum atomic E-state index is 0.151. The fourth-order valence-electron chi connectivity index (χ4n) is 3.14. The molecule has 0 saturated heterocycles. The van der Waals surface area contributed by atoms with Crippen molar-refractivity contribution < 1.29 is 4.74 Å². The summed E-state index contributed by atoms with van der Waals surface area (Å²) in [4.78, 5) is 0. The lowest BCUT2D eigenvalue weighted by molar-refractivity contribution is 0.479. The van der Waals surface area contributed by atoms with Crippen LogP contribution in [0.5, 0.6) is 11.5 Å². The van der Waals surface area contributed by atoms with Gasteiger partial charge in [-0.1, -0.05) is 44.2 Å². The van der Waals surface area contributed by atoms with Gasteiger partial charge in [0.15, 0.2) is 0 Å². The molecular formula is C18H21NO. The third kappa shape index (κ3) is 2.10. The van der Waals surface area contributed by atoms with Gasteiger partial charge in [0.25, 0.3) is 0 Å². The molecule has 104 valence electrons. The highest BCUT2D eigenvalue weighted by Gasteiger charge is 2.60. The average molecular weight is 267 g/mol. The van der Waals surface area contributed by atoms with Crippen LogP contribution >= 0.6 is 0 Å². The molecule has 0 aliphatic heterocycles. The molecule has 2 aromatic carbocycles. The molecule has 0 aromatic heterocycles. The quantitative estimate of drug-likeness (QED) is 0.905. The number of hydrogen-bond donors (Lipinski definition) is 1. The van der Waals surface area contributed by atoms with Crippen molar-refractivity contribution in [3.8, 4) is 11.5 Å². The van der Waals surface area contributed by atoms with E-state index >= 15 is 0 Å². The summed E-state index contributed by atoms with van der Waals surface area (Å²) in [7, 11) is 0. The van der Waals surface area contributed by atoms with Gasteiger partial charge in [-0.2, -0.15) is 0 Å². The molecule has 1 saturated carbocycles. The number of ether oxygens (including phenoxy) is 1. The smallest absolute Gasteiger partial charge is 0.127 e. The van der Waals surface area contributed by atoms with E-state index in [1.54, 1.807) is 0 Å². The second-order valence-electron chi connectivity index (χ2n) is 6.29. The Kier molecular flexibility index (Phi) is 3.06. The molecule has 0 radical (unpaired) electrons. The molecule has 1 aliphatic rings. The van der Waals surface area contributed by atoms with E-state index in [2.05, 4.69) is 26.0 Å². The first-order valence-electron chi connectivity index (χ1n) is 7.11. The van der Waals surface area contributed by atoms with Crippen molar-refractivity contribution in [2.24, 2.45) is 11.1 Å². The van der Waals surface area contributed by atoms with Crippen LogP contribution in [0.2, 0.25) is 0 Å². The van der Waals surface area contributed by atoms with Crippen LogP contribution in [-0.2, 0) is 5.41 Å². The van der Waals surface area contributed by atoms with Gasteiger partial charge < -0.3 is 10.5 Å². The van der Waals surface area contributed by atoms with Gasteiger partial charge in [0.2, 0.25) is 0 Å². The Bertz CT molecular complexity index is 589. The van der Waals surface area contributed by atoms with Gasteiger partial charge in [0, 0.05) is 12.0 Å². The summed E-state index contributed by atoms with van der Waals surface area (Å²) in [6.45, 7) is 5.28. The van der Waals surface area contributed by atoms with Crippen molar-refractivity contribution in [1.82, 2.24) is 0 Å². The number of rotatable bonds is 4. The van der Waals surface area contributed by atoms with E-state index in [4.69, 9.17) is 10.5 Å². The van der Waals surface area contributed by atoms with Crippen LogP contribution in [0.25, 0.3) is 0 Å². The Balaban J connectivity index is 1.79. The van der Waals surface area contributed by atoms with Gasteiger partial charge in [-0.25, -0.2) is 0 Å². The van der Waals surface area contributed by atoms with E-state index in [9.17, 15) is 0 Å². The predicted octanol–water partition coefficient (Wildman–Crippen LogP) is 4.11. The van der Waals surface area contributed by atoms with Crippen molar-refractivity contribution in [3.05, 3.63) is 60.2 Å². The second kappa shape index (κ2) is 4.64. The summed E-state index contributed by atoms with van der Waals surface area (Å²) in [5.74, 6) is 1.73. The molecule has 0 spiro atoms. The summed E-state index contributed by atoms with van der Waals surface area (Å²) in [5.41, 5.74) is 7.79. The van der Waals surface area contributed by atoms with Crippen molar-refractivity contribution in [2.75, 3.05) is 6.54 Å². The summed E-state index contributed by atoms with van der Waals surface area (Å²) in [5, 5.41) is 0. The van der Waals surface area contributed by atoms with E-state index < -0.39 is 0 Å². The normalized spacial score (nSPS) is 23.4. The summed E-state index contributed by atoms with van der Waals surface area (Å²) < 4.78 is 5.82. The maximum atomic E-state index is 6.01. The molecule has 0 heterocycles. The summed E-state index contributed by atoms with van der Waals surface area (Å²) in [6, 6.07) is 18.2. The largest absolute Gasteiger partial charge is 0.457 e. The average Bonchev–Trinajstić information content (AvgIpc) is 3.04. The predicted molar refractivity (Wildman–Crippen MR) is 82.1 cm³/mol. The monoisotopic (exact) mass is 267 g/mol. The number of para-hydroxylation sites is 1. The maximum Gasteiger partial charge on any atom is 0.127 e. The topological polar surface area (TPSA) is 35.2 Å². The van der Waals surface area contributed by atoms with Crippen LogP contribution in [-0.4, -0.2) is 6.54 Å². The third-order valence-corrected chi connectivity index (χ3v) is 4.65. The Morgan fingerprint density at radius 2 is 1.50 bits per heavy atom.